The predicted molar refractivity (Wildman–Crippen MR) is 119 cm³/mol. The Balaban J connectivity index is 1.53. The number of rotatable bonds is 2. The number of hydrogen-bond donors (Lipinski definition) is 1. The molecule has 0 aliphatic carbocycles. The second-order valence-electron chi connectivity index (χ2n) is 9.06. The van der Waals surface area contributed by atoms with Crippen LogP contribution in [0, 0.1) is 28.9 Å². The Morgan fingerprint density at radius 1 is 1.15 bits per heavy atom. The second kappa shape index (κ2) is 6.61. The number of amides is 3. The Labute approximate surface area is 193 Å². The Morgan fingerprint density at radius 3 is 2.58 bits per heavy atom. The number of fused-ring (bicyclic) bond motifs is 7. The minimum absolute atomic E-state index is 0.134. The van der Waals surface area contributed by atoms with Crippen LogP contribution in [0.25, 0.3) is 0 Å². The number of non-ortho nitro benzene ring substituents is 1. The molecule has 0 bridgehead atoms. The van der Waals surface area contributed by atoms with Gasteiger partial charge in [0.05, 0.1) is 22.4 Å². The summed E-state index contributed by atoms with van der Waals surface area (Å²) < 4.78 is 0. The van der Waals surface area contributed by atoms with Crippen molar-refractivity contribution in [3.63, 3.8) is 0 Å². The van der Waals surface area contributed by atoms with Crippen molar-refractivity contribution in [2.45, 2.75) is 31.3 Å². The summed E-state index contributed by atoms with van der Waals surface area (Å²) in [6.07, 6.45) is 1.52. The maximum Gasteiger partial charge on any atom is 0.269 e. The van der Waals surface area contributed by atoms with E-state index < -0.39 is 28.2 Å². The molecule has 0 aromatic heterocycles. The zero-order chi connectivity index (χ0) is 23.2. The molecular weight excluding hydrogens is 448 g/mol. The van der Waals surface area contributed by atoms with E-state index in [2.05, 4.69) is 5.32 Å². The van der Waals surface area contributed by atoms with E-state index >= 15 is 0 Å². The summed E-state index contributed by atoms with van der Waals surface area (Å²) >= 11 is 6.38. The van der Waals surface area contributed by atoms with Gasteiger partial charge >= 0.3 is 0 Å². The lowest BCUT2D eigenvalue weighted by atomic mass is 9.75. The molecule has 4 heterocycles. The van der Waals surface area contributed by atoms with Crippen molar-refractivity contribution in [2.75, 3.05) is 16.8 Å². The van der Waals surface area contributed by atoms with Gasteiger partial charge in [-0.2, -0.15) is 0 Å². The maximum absolute atomic E-state index is 13.9. The molecule has 168 valence electrons. The Bertz CT molecular complexity index is 1280. The average Bonchev–Trinajstić information content (AvgIpc) is 3.47. The van der Waals surface area contributed by atoms with Crippen molar-refractivity contribution in [2.24, 2.45) is 11.8 Å². The largest absolute Gasteiger partial charge is 0.324 e. The van der Waals surface area contributed by atoms with Gasteiger partial charge in [-0.1, -0.05) is 11.6 Å². The average molecular weight is 467 g/mol. The van der Waals surface area contributed by atoms with E-state index in [1.54, 1.807) is 12.1 Å². The van der Waals surface area contributed by atoms with Crippen LogP contribution in [0.5, 0.6) is 0 Å². The summed E-state index contributed by atoms with van der Waals surface area (Å²) in [5.74, 6) is -2.72. The number of nitrogens with zero attached hydrogens (tertiary/aromatic N) is 3. The molecule has 1 N–H and O–H groups in total. The monoisotopic (exact) mass is 466 g/mol. The number of aryl methyl sites for hydroxylation is 1. The second-order valence-corrected chi connectivity index (χ2v) is 9.49. The van der Waals surface area contributed by atoms with E-state index in [9.17, 15) is 24.5 Å². The van der Waals surface area contributed by atoms with E-state index in [1.807, 2.05) is 11.8 Å². The third-order valence-electron chi connectivity index (χ3n) is 7.58. The van der Waals surface area contributed by atoms with Crippen LogP contribution in [0.2, 0.25) is 5.02 Å². The summed E-state index contributed by atoms with van der Waals surface area (Å²) in [5, 5.41) is 14.4. The standard InChI is InChI=1S/C23H19ClN4O5/c1-11-9-12(24)10-15-19(11)25-22(31)23(15)18-17(16-3-2-8-26(16)23)20(29)27(21(18)30)13-4-6-14(7-5-13)28(32)33/h4-7,9-10,16-18H,2-3,8H2,1H3,(H,25,31)/t16-,17-,18+,23-/m1/s1. The molecule has 1 spiro atoms. The first-order valence-electron chi connectivity index (χ1n) is 10.8. The van der Waals surface area contributed by atoms with Gasteiger partial charge in [-0.25, -0.2) is 4.90 Å². The SMILES string of the molecule is Cc1cc(Cl)cc2c1NC(=O)[C@]21[C@@H]2C(=O)N(c3ccc([N+](=O)[O-])cc3)C(=O)[C@@H]2[C@H]2CCCN21. The van der Waals surface area contributed by atoms with Crippen molar-refractivity contribution in [3.05, 3.63) is 62.7 Å². The number of hydrogen-bond acceptors (Lipinski definition) is 6. The van der Waals surface area contributed by atoms with Crippen LogP contribution in [0.3, 0.4) is 0 Å². The highest BCUT2D eigenvalue weighted by molar-refractivity contribution is 6.31. The molecule has 0 saturated carbocycles. The van der Waals surface area contributed by atoms with Crippen LogP contribution in [0.4, 0.5) is 17.1 Å². The van der Waals surface area contributed by atoms with Crippen LogP contribution in [-0.4, -0.2) is 40.1 Å². The summed E-state index contributed by atoms with van der Waals surface area (Å²) in [5.41, 5.74) is 0.912. The highest BCUT2D eigenvalue weighted by atomic mass is 35.5. The molecule has 4 aliphatic rings. The van der Waals surface area contributed by atoms with Crippen molar-refractivity contribution in [1.29, 1.82) is 0 Å². The van der Waals surface area contributed by atoms with Crippen LogP contribution in [0.1, 0.15) is 24.0 Å². The van der Waals surface area contributed by atoms with Crippen molar-refractivity contribution >= 4 is 46.4 Å². The number of benzene rings is 2. The zero-order valence-corrected chi connectivity index (χ0v) is 18.3. The number of carbonyl (C=O) groups is 3. The summed E-state index contributed by atoms with van der Waals surface area (Å²) in [6, 6.07) is 8.58. The molecule has 6 rings (SSSR count). The summed E-state index contributed by atoms with van der Waals surface area (Å²) in [4.78, 5) is 54.8. The summed E-state index contributed by atoms with van der Waals surface area (Å²) in [6.45, 7) is 2.46. The first-order chi connectivity index (χ1) is 15.8. The minimum Gasteiger partial charge on any atom is -0.324 e. The normalized spacial score (nSPS) is 30.1. The van der Waals surface area contributed by atoms with Gasteiger partial charge in [0.15, 0.2) is 0 Å². The highest BCUT2D eigenvalue weighted by Crippen LogP contribution is 2.61. The molecule has 9 nitrogen and oxygen atoms in total. The van der Waals surface area contributed by atoms with Crippen LogP contribution in [0.15, 0.2) is 36.4 Å². The van der Waals surface area contributed by atoms with E-state index in [4.69, 9.17) is 11.6 Å². The molecule has 2 aromatic rings. The van der Waals surface area contributed by atoms with Crippen LogP contribution >= 0.6 is 11.6 Å². The van der Waals surface area contributed by atoms with Crippen molar-refractivity contribution in [3.8, 4) is 0 Å². The number of halogens is 1. The first kappa shape index (κ1) is 20.3. The minimum atomic E-state index is -1.31. The Hall–Kier alpha value is -3.30. The fourth-order valence-electron chi connectivity index (χ4n) is 6.41. The Kier molecular flexibility index (Phi) is 4.07. The van der Waals surface area contributed by atoms with Crippen LogP contribution < -0.4 is 10.2 Å². The van der Waals surface area contributed by atoms with Gasteiger partial charge in [0.2, 0.25) is 17.7 Å². The number of imide groups is 1. The lowest BCUT2D eigenvalue weighted by Gasteiger charge is -2.36. The van der Waals surface area contributed by atoms with Crippen LogP contribution in [-0.2, 0) is 19.9 Å². The zero-order valence-electron chi connectivity index (χ0n) is 17.6. The van der Waals surface area contributed by atoms with E-state index in [1.165, 1.54) is 24.3 Å². The number of nitro groups is 1. The lowest BCUT2D eigenvalue weighted by Crippen LogP contribution is -2.54. The quantitative estimate of drug-likeness (QED) is 0.413. The molecule has 3 saturated heterocycles. The highest BCUT2D eigenvalue weighted by Gasteiger charge is 2.74. The lowest BCUT2D eigenvalue weighted by molar-refractivity contribution is -0.384. The van der Waals surface area contributed by atoms with E-state index in [-0.39, 0.29) is 29.2 Å². The molecule has 2 aromatic carbocycles. The smallest absolute Gasteiger partial charge is 0.269 e. The molecule has 0 unspecified atom stereocenters. The molecule has 10 heteroatoms. The molecule has 3 fully saturated rings. The molecule has 33 heavy (non-hydrogen) atoms. The van der Waals surface area contributed by atoms with Gasteiger partial charge in [-0.3, -0.25) is 29.4 Å². The number of anilines is 2. The van der Waals surface area contributed by atoms with Gasteiger partial charge in [0.25, 0.3) is 5.69 Å². The third-order valence-corrected chi connectivity index (χ3v) is 7.80. The molecule has 4 aliphatic heterocycles. The molecule has 0 radical (unpaired) electrons. The van der Waals surface area contributed by atoms with Crippen molar-refractivity contribution < 1.29 is 19.3 Å². The van der Waals surface area contributed by atoms with E-state index in [0.29, 0.717) is 29.2 Å². The Morgan fingerprint density at radius 2 is 1.88 bits per heavy atom. The predicted octanol–water partition coefficient (Wildman–Crippen LogP) is 2.99. The van der Waals surface area contributed by atoms with Gasteiger partial charge in [0.1, 0.15) is 5.54 Å². The first-order valence-corrected chi connectivity index (χ1v) is 11.2. The van der Waals surface area contributed by atoms with E-state index in [0.717, 1.165) is 16.9 Å². The maximum atomic E-state index is 13.9. The fourth-order valence-corrected chi connectivity index (χ4v) is 6.69. The molecule has 3 amide bonds. The third kappa shape index (κ3) is 2.38. The van der Waals surface area contributed by atoms with Gasteiger partial charge in [-0.05, 0) is 56.1 Å². The number of carbonyl (C=O) groups excluding carboxylic acids is 3. The van der Waals surface area contributed by atoms with Gasteiger partial charge in [0, 0.05) is 34.4 Å². The van der Waals surface area contributed by atoms with Gasteiger partial charge in [-0.15, -0.1) is 0 Å². The van der Waals surface area contributed by atoms with Gasteiger partial charge < -0.3 is 5.32 Å². The summed E-state index contributed by atoms with van der Waals surface area (Å²) in [7, 11) is 0. The van der Waals surface area contributed by atoms with Crippen molar-refractivity contribution in [1.82, 2.24) is 4.90 Å². The number of nitrogens with one attached hydrogen (secondary N) is 1. The fraction of sp³-hybridized carbons (Fsp3) is 0.348. The number of nitro benzene ring substituents is 1. The molecular formula is C23H19ClN4O5. The molecule has 4 atom stereocenters. The topological polar surface area (TPSA) is 113 Å².